The summed E-state index contributed by atoms with van der Waals surface area (Å²) in [5.41, 5.74) is 0. The van der Waals surface area contributed by atoms with Crippen molar-refractivity contribution in [1.82, 2.24) is 0 Å². The van der Waals surface area contributed by atoms with Crippen LogP contribution in [-0.2, 0) is 10.1 Å². The van der Waals surface area contributed by atoms with Crippen molar-refractivity contribution in [3.05, 3.63) is 0 Å². The van der Waals surface area contributed by atoms with Crippen molar-refractivity contribution in [2.75, 3.05) is 5.75 Å². The quantitative estimate of drug-likeness (QED) is 0.475. The van der Waals surface area contributed by atoms with E-state index < -0.39 is 10.1 Å². The van der Waals surface area contributed by atoms with Gasteiger partial charge in [0.25, 0.3) is 0 Å². The molecule has 0 saturated carbocycles. The van der Waals surface area contributed by atoms with Gasteiger partial charge in [-0.1, -0.05) is 0 Å². The molecule has 0 heterocycles. The van der Waals surface area contributed by atoms with Crippen LogP contribution in [0, 0.1) is 0 Å². The molecule has 0 fully saturated rings. The predicted octanol–water partition coefficient (Wildman–Crippen LogP) is 0.241. The molecular weight excluding hydrogens is 151 g/mol. The van der Waals surface area contributed by atoms with Gasteiger partial charge in [0.1, 0.15) is 0 Å². The van der Waals surface area contributed by atoms with Crippen LogP contribution in [0.15, 0.2) is 0 Å². The Morgan fingerprint density at radius 3 is 2.22 bits per heavy atom. The average molecular weight is 160 g/mol. The van der Waals surface area contributed by atoms with E-state index in [-0.39, 0.29) is 5.75 Å². The molecular formula is C4H9NaO3S. The van der Waals surface area contributed by atoms with E-state index in [0.717, 1.165) is 27.9 Å². The molecule has 0 saturated heterocycles. The molecule has 0 amide bonds. The van der Waals surface area contributed by atoms with Crippen molar-refractivity contribution < 1.29 is 13.0 Å². The summed E-state index contributed by atoms with van der Waals surface area (Å²) < 4.78 is 28.9. The van der Waals surface area contributed by atoms with Crippen LogP contribution in [0.5, 0.6) is 0 Å². The SMILES string of the molecule is C[CH]([Na])CCS(=O)(=O)O. The summed E-state index contributed by atoms with van der Waals surface area (Å²) in [6.07, 6.45) is 0.588. The molecule has 0 rings (SSSR count). The van der Waals surface area contributed by atoms with Crippen molar-refractivity contribution in [3.63, 3.8) is 0 Å². The molecule has 1 atom stereocenters. The first-order chi connectivity index (χ1) is 3.92. The van der Waals surface area contributed by atoms with Crippen molar-refractivity contribution in [2.45, 2.75) is 16.5 Å². The molecule has 0 aromatic heterocycles. The standard InChI is InChI=1S/C4H9O3S.Na/c1-2-3-4-8(5,6)7;/h2H,3-4H2,1H3,(H,5,6,7);. The predicted molar refractivity (Wildman–Crippen MR) is 36.2 cm³/mol. The van der Waals surface area contributed by atoms with Gasteiger partial charge < -0.3 is 0 Å². The molecule has 0 aliphatic rings. The Morgan fingerprint density at radius 1 is 1.67 bits per heavy atom. The normalized spacial score (nSPS) is 15.6. The Kier molecular flexibility index (Phi) is 4.33. The molecule has 0 aromatic rings. The molecule has 0 spiro atoms. The van der Waals surface area contributed by atoms with Gasteiger partial charge in [0, 0.05) is 0 Å². The first kappa shape index (κ1) is 9.91. The third-order valence-electron chi connectivity index (χ3n) is 0.953. The minimum atomic E-state index is -3.70. The van der Waals surface area contributed by atoms with E-state index in [2.05, 4.69) is 0 Å². The van der Waals surface area contributed by atoms with Crippen LogP contribution in [0.25, 0.3) is 0 Å². The summed E-state index contributed by atoms with van der Waals surface area (Å²) >= 11 is 0.987. The van der Waals surface area contributed by atoms with Gasteiger partial charge in [0.2, 0.25) is 0 Å². The van der Waals surface area contributed by atoms with Crippen molar-refractivity contribution in [2.24, 2.45) is 0 Å². The second-order valence-corrected chi connectivity index (χ2v) is 6.01. The topological polar surface area (TPSA) is 54.4 Å². The summed E-state index contributed by atoms with van der Waals surface area (Å²) in [6.45, 7) is 1.97. The summed E-state index contributed by atoms with van der Waals surface area (Å²) in [5.74, 6) is -0.0856. The van der Waals surface area contributed by atoms with Crippen LogP contribution in [0.1, 0.15) is 13.3 Å². The van der Waals surface area contributed by atoms with Gasteiger partial charge in [-0.05, 0) is 0 Å². The Morgan fingerprint density at radius 2 is 2.11 bits per heavy atom. The first-order valence-electron chi connectivity index (χ1n) is 2.87. The molecule has 1 unspecified atom stereocenters. The fourth-order valence-corrected chi connectivity index (χ4v) is 1.86. The monoisotopic (exact) mass is 160 g/mol. The van der Waals surface area contributed by atoms with Gasteiger partial charge in [-0.3, -0.25) is 0 Å². The maximum atomic E-state index is 10.1. The van der Waals surface area contributed by atoms with Crippen LogP contribution in [-0.4, -0.2) is 46.7 Å². The van der Waals surface area contributed by atoms with Gasteiger partial charge in [-0.25, -0.2) is 0 Å². The van der Waals surface area contributed by atoms with Gasteiger partial charge in [-0.15, -0.1) is 0 Å². The molecule has 0 radical (unpaired) electrons. The molecule has 1 N–H and O–H groups in total. The zero-order valence-corrected chi connectivity index (χ0v) is 8.48. The van der Waals surface area contributed by atoms with Crippen molar-refractivity contribution >= 4 is 38.0 Å². The molecule has 3 nitrogen and oxygen atoms in total. The van der Waals surface area contributed by atoms with E-state index >= 15 is 0 Å². The van der Waals surface area contributed by atoms with E-state index in [0.29, 0.717) is 9.59 Å². The van der Waals surface area contributed by atoms with Crippen LogP contribution >= 0.6 is 0 Å². The summed E-state index contributed by atoms with van der Waals surface area (Å²) in [5, 5.41) is 0. The average Bonchev–Trinajstić information content (AvgIpc) is 1.59. The third-order valence-corrected chi connectivity index (χ3v) is 2.28. The van der Waals surface area contributed by atoms with E-state index in [4.69, 9.17) is 4.55 Å². The molecule has 50 valence electrons. The first-order valence-corrected chi connectivity index (χ1v) is 5.63. The Bertz CT molecular complexity index is 161. The number of rotatable bonds is 3. The Hall–Kier alpha value is 0.910. The minimum absolute atomic E-state index is 0.0856. The molecule has 9 heavy (non-hydrogen) atoms. The fraction of sp³-hybridized carbons (Fsp3) is 1.00. The van der Waals surface area contributed by atoms with Gasteiger partial charge in [-0.2, -0.15) is 0 Å². The molecule has 0 bridgehead atoms. The second-order valence-electron chi connectivity index (χ2n) is 2.47. The van der Waals surface area contributed by atoms with Crippen molar-refractivity contribution in [1.29, 1.82) is 0 Å². The van der Waals surface area contributed by atoms with Crippen molar-refractivity contribution in [3.8, 4) is 0 Å². The molecule has 0 aliphatic carbocycles. The molecule has 0 aromatic carbocycles. The van der Waals surface area contributed by atoms with Crippen LogP contribution in [0.4, 0.5) is 0 Å². The van der Waals surface area contributed by atoms with E-state index in [1.165, 1.54) is 0 Å². The van der Waals surface area contributed by atoms with E-state index in [9.17, 15) is 8.42 Å². The van der Waals surface area contributed by atoms with E-state index in [1.807, 2.05) is 6.92 Å². The number of hydrogen-bond acceptors (Lipinski definition) is 2. The van der Waals surface area contributed by atoms with E-state index in [1.54, 1.807) is 0 Å². The zero-order chi connectivity index (χ0) is 7.49. The molecule has 0 aliphatic heterocycles. The van der Waals surface area contributed by atoms with Crippen LogP contribution < -0.4 is 0 Å². The van der Waals surface area contributed by atoms with Gasteiger partial charge in [0.15, 0.2) is 0 Å². The second kappa shape index (κ2) is 3.93. The summed E-state index contributed by atoms with van der Waals surface area (Å²) in [6, 6.07) is 0. The summed E-state index contributed by atoms with van der Waals surface area (Å²) in [7, 11) is -3.70. The maximum absolute atomic E-state index is 10.1. The fourth-order valence-electron chi connectivity index (χ4n) is 0.385. The Balaban J connectivity index is 3.53. The van der Waals surface area contributed by atoms with Crippen LogP contribution in [0.2, 0.25) is 3.17 Å². The zero-order valence-electron chi connectivity index (χ0n) is 5.66. The van der Waals surface area contributed by atoms with Gasteiger partial charge in [0.05, 0.1) is 0 Å². The Labute approximate surface area is 73.0 Å². The summed E-state index contributed by atoms with van der Waals surface area (Å²) in [4.78, 5) is 0. The van der Waals surface area contributed by atoms with Crippen LogP contribution in [0.3, 0.4) is 0 Å². The van der Waals surface area contributed by atoms with Gasteiger partial charge >= 0.3 is 73.3 Å². The molecule has 5 heteroatoms. The number of hydrogen-bond donors (Lipinski definition) is 1. The third kappa shape index (κ3) is 8.91.